The number of hydrogen-bond donors (Lipinski definition) is 4. The van der Waals surface area contributed by atoms with Crippen molar-refractivity contribution in [2.45, 2.75) is 75.0 Å². The van der Waals surface area contributed by atoms with E-state index in [4.69, 9.17) is 0 Å². The van der Waals surface area contributed by atoms with E-state index in [-0.39, 0.29) is 17.6 Å². The Balaban J connectivity index is 1.31. The van der Waals surface area contributed by atoms with E-state index in [0.717, 1.165) is 31.0 Å². The van der Waals surface area contributed by atoms with Crippen molar-refractivity contribution < 1.29 is 33.0 Å². The average Bonchev–Trinajstić information content (AvgIpc) is 3.33. The molecule has 0 bridgehead atoms. The summed E-state index contributed by atoms with van der Waals surface area (Å²) in [6.07, 6.45) is -0.633. The van der Waals surface area contributed by atoms with Gasteiger partial charge in [-0.1, -0.05) is 12.1 Å². The van der Waals surface area contributed by atoms with Crippen molar-refractivity contribution in [3.05, 3.63) is 65.5 Å². The second-order valence-electron chi connectivity index (χ2n) is 10.2. The Hall–Kier alpha value is -3.02. The number of carbonyl (C=O) groups is 2. The lowest BCUT2D eigenvalue weighted by molar-refractivity contribution is -0.137. The number of pyridine rings is 1. The molecule has 2 amide bonds. The number of amides is 2. The van der Waals surface area contributed by atoms with Crippen molar-refractivity contribution >= 4 is 11.8 Å². The highest BCUT2D eigenvalue weighted by Crippen LogP contribution is 2.36. The molecule has 2 aromatic rings. The SMILES string of the molecule is CC(O)[C@@H]1C[C@H](NC2CCC(O)(c3ccccn3)CC2)CN1C(=O)CNC(=O)c1cccc(C(F)(F)F)c1. The number of nitrogens with zero attached hydrogens (tertiary/aromatic N) is 2. The Bertz CT molecular complexity index is 1120. The average molecular weight is 535 g/mol. The van der Waals surface area contributed by atoms with E-state index in [9.17, 15) is 33.0 Å². The first-order chi connectivity index (χ1) is 18.0. The van der Waals surface area contributed by atoms with Crippen LogP contribution in [0.2, 0.25) is 0 Å². The molecule has 1 saturated carbocycles. The number of likely N-dealkylation sites (tertiary alicyclic amines) is 1. The maximum Gasteiger partial charge on any atom is 0.416 e. The number of benzene rings is 1. The highest BCUT2D eigenvalue weighted by Gasteiger charge is 2.41. The van der Waals surface area contributed by atoms with Crippen LogP contribution in [0.5, 0.6) is 0 Å². The van der Waals surface area contributed by atoms with E-state index in [0.29, 0.717) is 31.5 Å². The normalized spacial score (nSPS) is 26.7. The minimum Gasteiger partial charge on any atom is -0.391 e. The van der Waals surface area contributed by atoms with Crippen LogP contribution in [0.1, 0.15) is 60.6 Å². The molecule has 1 aromatic heterocycles. The van der Waals surface area contributed by atoms with Gasteiger partial charge in [-0.05, 0) is 69.4 Å². The van der Waals surface area contributed by atoms with Crippen LogP contribution in [0.15, 0.2) is 48.7 Å². The minimum atomic E-state index is -4.58. The fourth-order valence-electron chi connectivity index (χ4n) is 5.42. The standard InChI is InChI=1S/C27H33F3N4O4/c1-17(35)22-14-21(33-20-8-10-26(38,11-9-20)23-7-2-3-12-31-23)16-34(22)24(36)15-32-25(37)18-5-4-6-19(13-18)27(28,29)30/h2-7,12-13,17,20-22,33,35,38H,8-11,14-16H2,1H3,(H,32,37)/t17?,20?,21-,22-,26?/m0/s1. The molecule has 1 aliphatic heterocycles. The summed E-state index contributed by atoms with van der Waals surface area (Å²) < 4.78 is 38.9. The zero-order valence-corrected chi connectivity index (χ0v) is 21.1. The van der Waals surface area contributed by atoms with Gasteiger partial charge >= 0.3 is 6.18 Å². The molecule has 8 nitrogen and oxygen atoms in total. The zero-order chi connectivity index (χ0) is 27.5. The molecule has 4 rings (SSSR count). The van der Waals surface area contributed by atoms with Gasteiger partial charge in [0.2, 0.25) is 5.91 Å². The van der Waals surface area contributed by atoms with E-state index in [1.54, 1.807) is 13.1 Å². The molecule has 2 fully saturated rings. The van der Waals surface area contributed by atoms with Crippen molar-refractivity contribution in [3.63, 3.8) is 0 Å². The molecule has 11 heteroatoms. The quantitative estimate of drug-likeness (QED) is 0.434. The summed E-state index contributed by atoms with van der Waals surface area (Å²) in [5.74, 6) is -1.21. The summed E-state index contributed by atoms with van der Waals surface area (Å²) in [7, 11) is 0. The van der Waals surface area contributed by atoms with Crippen molar-refractivity contribution in [3.8, 4) is 0 Å². The lowest BCUT2D eigenvalue weighted by atomic mass is 9.79. The van der Waals surface area contributed by atoms with Crippen LogP contribution in [0.4, 0.5) is 13.2 Å². The number of rotatable bonds is 7. The Labute approximate surface area is 219 Å². The highest BCUT2D eigenvalue weighted by atomic mass is 19.4. The van der Waals surface area contributed by atoms with E-state index in [1.165, 1.54) is 11.0 Å². The Morgan fingerprint density at radius 1 is 1.16 bits per heavy atom. The third kappa shape index (κ3) is 6.51. The van der Waals surface area contributed by atoms with E-state index < -0.39 is 47.8 Å². The highest BCUT2D eigenvalue weighted by molar-refractivity contribution is 5.96. The van der Waals surface area contributed by atoms with E-state index in [2.05, 4.69) is 15.6 Å². The van der Waals surface area contributed by atoms with Gasteiger partial charge in [0, 0.05) is 30.4 Å². The fraction of sp³-hybridized carbons (Fsp3) is 0.519. The van der Waals surface area contributed by atoms with E-state index in [1.807, 2.05) is 18.2 Å². The second kappa shape index (κ2) is 11.4. The van der Waals surface area contributed by atoms with Crippen LogP contribution in [0.3, 0.4) is 0 Å². The van der Waals surface area contributed by atoms with E-state index >= 15 is 0 Å². The summed E-state index contributed by atoms with van der Waals surface area (Å²) in [5.41, 5.74) is -1.43. The molecule has 0 spiro atoms. The fourth-order valence-corrected chi connectivity index (χ4v) is 5.42. The Morgan fingerprint density at radius 2 is 1.89 bits per heavy atom. The van der Waals surface area contributed by atoms with Gasteiger partial charge in [-0.25, -0.2) is 0 Å². The molecule has 4 N–H and O–H groups in total. The third-order valence-corrected chi connectivity index (χ3v) is 7.50. The first kappa shape index (κ1) is 28.0. The van der Waals surface area contributed by atoms with Crippen LogP contribution in [-0.4, -0.2) is 69.2 Å². The van der Waals surface area contributed by atoms with Crippen molar-refractivity contribution in [1.29, 1.82) is 0 Å². The number of hydrogen-bond acceptors (Lipinski definition) is 6. The molecule has 0 radical (unpaired) electrons. The number of aromatic nitrogens is 1. The van der Waals surface area contributed by atoms with Gasteiger partial charge in [0.1, 0.15) is 5.60 Å². The van der Waals surface area contributed by atoms with Gasteiger partial charge in [0.15, 0.2) is 0 Å². The predicted octanol–water partition coefficient (Wildman–Crippen LogP) is 2.60. The topological polar surface area (TPSA) is 115 Å². The minimum absolute atomic E-state index is 0.0799. The number of aliphatic hydroxyl groups excluding tert-OH is 1. The monoisotopic (exact) mass is 534 g/mol. The van der Waals surface area contributed by atoms with Crippen molar-refractivity contribution in [1.82, 2.24) is 20.5 Å². The summed E-state index contributed by atoms with van der Waals surface area (Å²) >= 11 is 0. The molecular weight excluding hydrogens is 501 g/mol. The smallest absolute Gasteiger partial charge is 0.391 e. The summed E-state index contributed by atoms with van der Waals surface area (Å²) in [5, 5.41) is 27.3. The molecule has 1 saturated heterocycles. The number of halogens is 3. The van der Waals surface area contributed by atoms with Crippen molar-refractivity contribution in [2.24, 2.45) is 0 Å². The first-order valence-electron chi connectivity index (χ1n) is 12.8. The lowest BCUT2D eigenvalue weighted by Crippen LogP contribution is -2.47. The maximum atomic E-state index is 13.0. The zero-order valence-electron chi connectivity index (χ0n) is 21.1. The first-order valence-corrected chi connectivity index (χ1v) is 12.8. The molecule has 1 aliphatic carbocycles. The molecule has 1 unspecified atom stereocenters. The van der Waals surface area contributed by atoms with Crippen LogP contribution in [-0.2, 0) is 16.6 Å². The number of carbonyl (C=O) groups excluding carboxylic acids is 2. The van der Waals surface area contributed by atoms with Gasteiger partial charge < -0.3 is 25.7 Å². The molecule has 3 atom stereocenters. The summed E-state index contributed by atoms with van der Waals surface area (Å²) in [6.45, 7) is 1.53. The Morgan fingerprint density at radius 3 is 2.53 bits per heavy atom. The number of alkyl halides is 3. The van der Waals surface area contributed by atoms with Crippen LogP contribution < -0.4 is 10.6 Å². The maximum absolute atomic E-state index is 13.0. The van der Waals surface area contributed by atoms with Crippen LogP contribution >= 0.6 is 0 Å². The van der Waals surface area contributed by atoms with Gasteiger partial charge in [-0.15, -0.1) is 0 Å². The Kier molecular flexibility index (Phi) is 8.39. The lowest BCUT2D eigenvalue weighted by Gasteiger charge is -2.37. The largest absolute Gasteiger partial charge is 0.416 e. The van der Waals surface area contributed by atoms with Gasteiger partial charge in [0.25, 0.3) is 5.91 Å². The molecule has 2 heterocycles. The third-order valence-electron chi connectivity index (χ3n) is 7.50. The molecular formula is C27H33F3N4O4. The second-order valence-corrected chi connectivity index (χ2v) is 10.2. The summed E-state index contributed by atoms with van der Waals surface area (Å²) in [4.78, 5) is 31.2. The van der Waals surface area contributed by atoms with Gasteiger partial charge in [-0.2, -0.15) is 13.2 Å². The predicted molar refractivity (Wildman–Crippen MR) is 133 cm³/mol. The summed E-state index contributed by atoms with van der Waals surface area (Å²) in [6, 6.07) is 9.09. The van der Waals surface area contributed by atoms with Crippen LogP contribution in [0, 0.1) is 0 Å². The molecule has 38 heavy (non-hydrogen) atoms. The molecule has 2 aliphatic rings. The van der Waals surface area contributed by atoms with Crippen LogP contribution in [0.25, 0.3) is 0 Å². The van der Waals surface area contributed by atoms with Gasteiger partial charge in [0.05, 0.1) is 29.9 Å². The molecule has 206 valence electrons. The number of nitrogens with one attached hydrogen (secondary N) is 2. The van der Waals surface area contributed by atoms with Gasteiger partial charge in [-0.3, -0.25) is 14.6 Å². The molecule has 1 aromatic carbocycles. The van der Waals surface area contributed by atoms with Crippen molar-refractivity contribution in [2.75, 3.05) is 13.1 Å². The number of aliphatic hydroxyl groups is 2.